The zero-order chi connectivity index (χ0) is 7.84. The second kappa shape index (κ2) is 2.10. The smallest absolute Gasteiger partial charge is 0.363 e. The van der Waals surface area contributed by atoms with Gasteiger partial charge in [-0.2, -0.15) is 0 Å². The number of hydrogen-bond acceptors (Lipinski definition) is 4. The first-order chi connectivity index (χ1) is 5.25. The Morgan fingerprint density at radius 2 is 1.91 bits per heavy atom. The van der Waals surface area contributed by atoms with Crippen molar-refractivity contribution < 1.29 is 13.9 Å². The maximum absolute atomic E-state index is 9.00. The van der Waals surface area contributed by atoms with Crippen molar-refractivity contribution in [3.8, 4) is 5.75 Å². The van der Waals surface area contributed by atoms with Crippen LogP contribution < -0.4 is 0 Å². The lowest BCUT2D eigenvalue weighted by Crippen LogP contribution is -1.62. The van der Waals surface area contributed by atoms with Gasteiger partial charge in [-0.1, -0.05) is 0 Å². The highest BCUT2D eigenvalue weighted by molar-refractivity contribution is 7.71. The Labute approximate surface area is 66.9 Å². The van der Waals surface area contributed by atoms with Crippen LogP contribution in [0.4, 0.5) is 0 Å². The van der Waals surface area contributed by atoms with Crippen molar-refractivity contribution in [2.45, 2.75) is 0 Å². The second-order valence-corrected chi connectivity index (χ2v) is 2.42. The van der Waals surface area contributed by atoms with Crippen LogP contribution in [0.2, 0.25) is 0 Å². The summed E-state index contributed by atoms with van der Waals surface area (Å²) in [4.78, 5) is 0.0746. The van der Waals surface area contributed by atoms with E-state index < -0.39 is 0 Å². The van der Waals surface area contributed by atoms with Gasteiger partial charge in [-0.3, -0.25) is 0 Å². The highest BCUT2D eigenvalue weighted by atomic mass is 32.1. The average Bonchev–Trinajstić information content (AvgIpc) is 2.27. The average molecular weight is 168 g/mol. The summed E-state index contributed by atoms with van der Waals surface area (Å²) >= 11 is 4.64. The van der Waals surface area contributed by atoms with Crippen LogP contribution in [-0.2, 0) is 0 Å². The van der Waals surface area contributed by atoms with E-state index >= 15 is 0 Å². The molecule has 0 saturated carbocycles. The molecule has 1 aromatic carbocycles. The minimum absolute atomic E-state index is 0.0746. The molecule has 0 saturated heterocycles. The number of rotatable bonds is 0. The molecule has 56 valence electrons. The molecule has 0 radical (unpaired) electrons. The molecule has 2 rings (SSSR count). The third-order valence-corrected chi connectivity index (χ3v) is 1.48. The van der Waals surface area contributed by atoms with Gasteiger partial charge in [0.15, 0.2) is 11.2 Å². The van der Waals surface area contributed by atoms with Gasteiger partial charge in [-0.05, 0) is 12.1 Å². The summed E-state index contributed by atoms with van der Waals surface area (Å²) in [6.07, 6.45) is 0. The number of fused-ring (bicyclic) bond motifs is 1. The number of phenolic OH excluding ortho intramolecular Hbond substituents is 1. The normalized spacial score (nSPS) is 10.5. The van der Waals surface area contributed by atoms with Crippen molar-refractivity contribution in [1.29, 1.82) is 0 Å². The van der Waals surface area contributed by atoms with E-state index in [2.05, 4.69) is 12.2 Å². The third-order valence-electron chi connectivity index (χ3n) is 1.31. The van der Waals surface area contributed by atoms with Gasteiger partial charge in [0.05, 0.1) is 0 Å². The van der Waals surface area contributed by atoms with Crippen molar-refractivity contribution in [2.24, 2.45) is 0 Å². The first-order valence-electron chi connectivity index (χ1n) is 2.98. The van der Waals surface area contributed by atoms with Crippen LogP contribution >= 0.6 is 12.2 Å². The van der Waals surface area contributed by atoms with Crippen LogP contribution in [0.3, 0.4) is 0 Å². The van der Waals surface area contributed by atoms with Crippen LogP contribution in [0.5, 0.6) is 5.75 Å². The molecule has 0 spiro atoms. The summed E-state index contributed by atoms with van der Waals surface area (Å²) in [5, 5.41) is 9.00. The number of aromatic hydroxyl groups is 1. The first-order valence-corrected chi connectivity index (χ1v) is 3.39. The van der Waals surface area contributed by atoms with Gasteiger partial charge in [0.25, 0.3) is 0 Å². The largest absolute Gasteiger partial charge is 0.508 e. The Morgan fingerprint density at radius 1 is 1.18 bits per heavy atom. The quantitative estimate of drug-likeness (QED) is 0.614. The van der Waals surface area contributed by atoms with E-state index in [9.17, 15) is 0 Å². The summed E-state index contributed by atoms with van der Waals surface area (Å²) in [6, 6.07) is 4.56. The zero-order valence-electron chi connectivity index (χ0n) is 5.40. The third kappa shape index (κ3) is 1.01. The fourth-order valence-corrected chi connectivity index (χ4v) is 1.04. The number of phenols is 1. The molecule has 1 N–H and O–H groups in total. The molecule has 11 heavy (non-hydrogen) atoms. The van der Waals surface area contributed by atoms with Crippen molar-refractivity contribution in [1.82, 2.24) is 0 Å². The molecule has 3 nitrogen and oxygen atoms in total. The monoisotopic (exact) mass is 168 g/mol. The van der Waals surface area contributed by atoms with Crippen LogP contribution in [0, 0.1) is 4.90 Å². The lowest BCUT2D eigenvalue weighted by molar-refractivity contribution is 0.443. The lowest BCUT2D eigenvalue weighted by Gasteiger charge is -1.86. The Bertz CT molecular complexity index is 440. The number of benzene rings is 1. The van der Waals surface area contributed by atoms with E-state index in [0.29, 0.717) is 11.2 Å². The molecule has 0 fully saturated rings. The second-order valence-electron chi connectivity index (χ2n) is 2.09. The van der Waals surface area contributed by atoms with E-state index in [4.69, 9.17) is 13.9 Å². The van der Waals surface area contributed by atoms with Crippen LogP contribution in [0.25, 0.3) is 11.2 Å². The van der Waals surface area contributed by atoms with Crippen molar-refractivity contribution >= 4 is 23.4 Å². The van der Waals surface area contributed by atoms with E-state index in [1.54, 1.807) is 6.07 Å². The predicted octanol–water partition coefficient (Wildman–Crippen LogP) is 2.46. The molecule has 0 aliphatic heterocycles. The highest BCUT2D eigenvalue weighted by Crippen LogP contribution is 2.21. The van der Waals surface area contributed by atoms with Gasteiger partial charge in [0.1, 0.15) is 5.75 Å². The van der Waals surface area contributed by atoms with Gasteiger partial charge in [0, 0.05) is 18.3 Å². The summed E-state index contributed by atoms with van der Waals surface area (Å²) in [7, 11) is 0. The van der Waals surface area contributed by atoms with Crippen LogP contribution in [0.1, 0.15) is 0 Å². The van der Waals surface area contributed by atoms with Gasteiger partial charge >= 0.3 is 4.90 Å². The minimum atomic E-state index is 0.0746. The Balaban J connectivity index is 2.92. The van der Waals surface area contributed by atoms with Crippen molar-refractivity contribution in [3.63, 3.8) is 0 Å². The molecule has 0 unspecified atom stereocenters. The fourth-order valence-electron chi connectivity index (χ4n) is 0.861. The molecule has 0 atom stereocenters. The predicted molar refractivity (Wildman–Crippen MR) is 41.0 cm³/mol. The molecule has 4 heteroatoms. The lowest BCUT2D eigenvalue weighted by atomic mass is 10.3. The summed E-state index contributed by atoms with van der Waals surface area (Å²) < 4.78 is 9.90. The maximum Gasteiger partial charge on any atom is 0.363 e. The van der Waals surface area contributed by atoms with E-state index in [1.807, 2.05) is 0 Å². The standard InChI is InChI=1S/C7H4O3S/c8-4-1-2-5-6(3-4)10-7(11)9-5/h1-3,8H. The van der Waals surface area contributed by atoms with Gasteiger partial charge in [0.2, 0.25) is 0 Å². The molecular weight excluding hydrogens is 164 g/mol. The van der Waals surface area contributed by atoms with E-state index in [0.717, 1.165) is 0 Å². The Hall–Kier alpha value is -1.29. The summed E-state index contributed by atoms with van der Waals surface area (Å²) in [5.41, 5.74) is 1.02. The van der Waals surface area contributed by atoms with E-state index in [-0.39, 0.29) is 10.7 Å². The molecule has 0 aliphatic rings. The zero-order valence-corrected chi connectivity index (χ0v) is 6.22. The van der Waals surface area contributed by atoms with Gasteiger partial charge < -0.3 is 13.9 Å². The van der Waals surface area contributed by atoms with Crippen LogP contribution in [0.15, 0.2) is 27.0 Å². The topological polar surface area (TPSA) is 46.5 Å². The molecule has 1 aromatic heterocycles. The highest BCUT2D eigenvalue weighted by Gasteiger charge is 2.00. The molecule has 0 amide bonds. The van der Waals surface area contributed by atoms with Crippen molar-refractivity contribution in [2.75, 3.05) is 0 Å². The molecule has 0 bridgehead atoms. The Morgan fingerprint density at radius 3 is 2.73 bits per heavy atom. The van der Waals surface area contributed by atoms with Crippen LogP contribution in [-0.4, -0.2) is 5.11 Å². The molecular formula is C7H4O3S. The Kier molecular flexibility index (Phi) is 1.22. The van der Waals surface area contributed by atoms with Gasteiger partial charge in [-0.25, -0.2) is 0 Å². The molecule has 0 aliphatic carbocycles. The maximum atomic E-state index is 9.00. The minimum Gasteiger partial charge on any atom is -0.508 e. The van der Waals surface area contributed by atoms with Gasteiger partial charge in [-0.15, -0.1) is 0 Å². The fraction of sp³-hybridized carbons (Fsp3) is 0. The molecule has 2 aromatic rings. The molecule has 1 heterocycles. The van der Waals surface area contributed by atoms with E-state index in [1.165, 1.54) is 12.1 Å². The number of hydrogen-bond donors (Lipinski definition) is 1. The van der Waals surface area contributed by atoms with Crippen molar-refractivity contribution in [3.05, 3.63) is 23.1 Å². The first kappa shape index (κ1) is 6.42. The SMILES string of the molecule is Oc1ccc2oc(=S)oc2c1. The summed E-state index contributed by atoms with van der Waals surface area (Å²) in [6.45, 7) is 0. The summed E-state index contributed by atoms with van der Waals surface area (Å²) in [5.74, 6) is 0.136.